The molecule has 1 aromatic heterocycles. The molecule has 1 atom stereocenters. The van der Waals surface area contributed by atoms with Crippen LogP contribution in [0.25, 0.3) is 11.5 Å². The van der Waals surface area contributed by atoms with Crippen molar-refractivity contribution in [3.05, 3.63) is 34.9 Å². The Morgan fingerprint density at radius 2 is 2.19 bits per heavy atom. The lowest BCUT2D eigenvalue weighted by atomic mass is 10.2. The second kappa shape index (κ2) is 4.19. The van der Waals surface area contributed by atoms with E-state index in [-0.39, 0.29) is 17.0 Å². The summed E-state index contributed by atoms with van der Waals surface area (Å²) in [5.74, 6) is 0.113. The summed E-state index contributed by atoms with van der Waals surface area (Å²) in [6, 6.07) is 3.85. The average molecular weight is 242 g/mol. The Kier molecular flexibility index (Phi) is 2.89. The van der Waals surface area contributed by atoms with Gasteiger partial charge in [-0.25, -0.2) is 4.39 Å². The van der Waals surface area contributed by atoms with E-state index in [2.05, 4.69) is 10.2 Å². The highest BCUT2D eigenvalue weighted by Crippen LogP contribution is 2.24. The van der Waals surface area contributed by atoms with E-state index in [0.29, 0.717) is 11.5 Å². The first kappa shape index (κ1) is 11.0. The van der Waals surface area contributed by atoms with Crippen molar-refractivity contribution in [3.8, 4) is 11.5 Å². The van der Waals surface area contributed by atoms with Crippen molar-refractivity contribution in [2.45, 2.75) is 13.0 Å². The summed E-state index contributed by atoms with van der Waals surface area (Å²) in [4.78, 5) is 0. The molecule has 1 unspecified atom stereocenters. The number of aromatic nitrogens is 2. The minimum Gasteiger partial charge on any atom is -0.419 e. The predicted molar refractivity (Wildman–Crippen MR) is 57.3 cm³/mol. The van der Waals surface area contributed by atoms with Crippen LogP contribution in [0.2, 0.25) is 5.02 Å². The molecule has 0 aliphatic heterocycles. The van der Waals surface area contributed by atoms with E-state index >= 15 is 0 Å². The molecular formula is C10H9ClFN3O. The van der Waals surface area contributed by atoms with Crippen molar-refractivity contribution in [2.24, 2.45) is 5.73 Å². The lowest BCUT2D eigenvalue weighted by Gasteiger charge is -1.98. The van der Waals surface area contributed by atoms with Gasteiger partial charge in [-0.2, -0.15) is 0 Å². The minimum atomic E-state index is -0.489. The van der Waals surface area contributed by atoms with Gasteiger partial charge in [-0.1, -0.05) is 11.6 Å². The third-order valence-corrected chi connectivity index (χ3v) is 2.29. The largest absolute Gasteiger partial charge is 0.419 e. The highest BCUT2D eigenvalue weighted by atomic mass is 35.5. The number of hydrogen-bond donors (Lipinski definition) is 1. The quantitative estimate of drug-likeness (QED) is 0.878. The molecule has 2 N–H and O–H groups in total. The van der Waals surface area contributed by atoms with Crippen LogP contribution in [0.3, 0.4) is 0 Å². The second-order valence-electron chi connectivity index (χ2n) is 3.36. The van der Waals surface area contributed by atoms with Gasteiger partial charge in [-0.3, -0.25) is 0 Å². The van der Waals surface area contributed by atoms with Crippen molar-refractivity contribution in [1.29, 1.82) is 0 Å². The summed E-state index contributed by atoms with van der Waals surface area (Å²) in [5.41, 5.74) is 6.14. The zero-order valence-electron chi connectivity index (χ0n) is 8.45. The fraction of sp³-hybridized carbons (Fsp3) is 0.200. The summed E-state index contributed by atoms with van der Waals surface area (Å²) < 4.78 is 18.2. The predicted octanol–water partition coefficient (Wildman–Crippen LogP) is 2.55. The van der Waals surface area contributed by atoms with E-state index in [0.717, 1.165) is 0 Å². The Hall–Kier alpha value is -1.46. The average Bonchev–Trinajstić information content (AvgIpc) is 2.71. The Bertz CT molecular complexity index is 513. The van der Waals surface area contributed by atoms with E-state index in [1.165, 1.54) is 18.2 Å². The Morgan fingerprint density at radius 1 is 1.44 bits per heavy atom. The van der Waals surface area contributed by atoms with Gasteiger partial charge >= 0.3 is 0 Å². The summed E-state index contributed by atoms with van der Waals surface area (Å²) in [6.07, 6.45) is 0. The molecule has 0 fully saturated rings. The summed E-state index contributed by atoms with van der Waals surface area (Å²) in [5, 5.41) is 7.58. The van der Waals surface area contributed by atoms with Crippen LogP contribution in [-0.4, -0.2) is 10.2 Å². The zero-order chi connectivity index (χ0) is 11.7. The number of rotatable bonds is 2. The Morgan fingerprint density at radius 3 is 2.75 bits per heavy atom. The minimum absolute atomic E-state index is 0.0121. The maximum absolute atomic E-state index is 12.9. The molecule has 1 aromatic carbocycles. The van der Waals surface area contributed by atoms with Gasteiger partial charge < -0.3 is 10.2 Å². The summed E-state index contributed by atoms with van der Waals surface area (Å²) in [7, 11) is 0. The molecule has 0 radical (unpaired) electrons. The third-order valence-electron chi connectivity index (χ3n) is 2.00. The SMILES string of the molecule is CC(N)c1nnc(-c2ccc(F)c(Cl)c2)o1. The second-order valence-corrected chi connectivity index (χ2v) is 3.77. The van der Waals surface area contributed by atoms with Crippen LogP contribution in [0.15, 0.2) is 22.6 Å². The zero-order valence-corrected chi connectivity index (χ0v) is 9.20. The molecular weight excluding hydrogens is 233 g/mol. The van der Waals surface area contributed by atoms with Gasteiger partial charge in [0.05, 0.1) is 11.1 Å². The smallest absolute Gasteiger partial charge is 0.247 e. The molecule has 4 nitrogen and oxygen atoms in total. The first-order valence-corrected chi connectivity index (χ1v) is 5.00. The summed E-state index contributed by atoms with van der Waals surface area (Å²) in [6.45, 7) is 1.73. The highest BCUT2D eigenvalue weighted by molar-refractivity contribution is 6.31. The van der Waals surface area contributed by atoms with Crippen LogP contribution < -0.4 is 5.73 Å². The molecule has 2 rings (SSSR count). The molecule has 6 heteroatoms. The van der Waals surface area contributed by atoms with Crippen molar-refractivity contribution < 1.29 is 8.81 Å². The number of hydrogen-bond acceptors (Lipinski definition) is 4. The molecule has 0 amide bonds. The molecule has 0 saturated carbocycles. The monoisotopic (exact) mass is 241 g/mol. The first-order valence-electron chi connectivity index (χ1n) is 4.62. The van der Waals surface area contributed by atoms with Gasteiger partial charge in [-0.05, 0) is 25.1 Å². The van der Waals surface area contributed by atoms with Crippen molar-refractivity contribution in [3.63, 3.8) is 0 Å². The van der Waals surface area contributed by atoms with Gasteiger partial charge in [0, 0.05) is 5.56 Å². The Balaban J connectivity index is 2.39. The van der Waals surface area contributed by atoms with Crippen LogP contribution >= 0.6 is 11.6 Å². The number of nitrogens with two attached hydrogens (primary N) is 1. The number of nitrogens with zero attached hydrogens (tertiary/aromatic N) is 2. The lowest BCUT2D eigenvalue weighted by molar-refractivity contribution is 0.473. The van der Waals surface area contributed by atoms with Crippen LogP contribution in [0.1, 0.15) is 18.9 Å². The number of benzene rings is 1. The van der Waals surface area contributed by atoms with Gasteiger partial charge in [-0.15, -0.1) is 10.2 Å². The van der Waals surface area contributed by atoms with E-state index in [1.54, 1.807) is 6.92 Å². The van der Waals surface area contributed by atoms with Crippen molar-refractivity contribution >= 4 is 11.6 Å². The normalized spacial score (nSPS) is 12.8. The third kappa shape index (κ3) is 2.05. The molecule has 16 heavy (non-hydrogen) atoms. The highest BCUT2D eigenvalue weighted by Gasteiger charge is 2.12. The van der Waals surface area contributed by atoms with Crippen molar-refractivity contribution in [2.75, 3.05) is 0 Å². The fourth-order valence-electron chi connectivity index (χ4n) is 1.16. The van der Waals surface area contributed by atoms with Crippen LogP contribution in [0.5, 0.6) is 0 Å². The standard InChI is InChI=1S/C10H9ClFN3O/c1-5(13)9-14-15-10(16-9)6-2-3-8(12)7(11)4-6/h2-5H,13H2,1H3. The van der Waals surface area contributed by atoms with Crippen molar-refractivity contribution in [1.82, 2.24) is 10.2 Å². The van der Waals surface area contributed by atoms with Crippen LogP contribution in [-0.2, 0) is 0 Å². The molecule has 0 spiro atoms. The van der Waals surface area contributed by atoms with E-state index in [4.69, 9.17) is 21.8 Å². The van der Waals surface area contributed by atoms with E-state index in [1.807, 2.05) is 0 Å². The maximum Gasteiger partial charge on any atom is 0.247 e. The first-order chi connectivity index (χ1) is 7.58. The van der Waals surface area contributed by atoms with Gasteiger partial charge in [0.25, 0.3) is 0 Å². The molecule has 0 saturated heterocycles. The van der Waals surface area contributed by atoms with E-state index in [9.17, 15) is 4.39 Å². The van der Waals surface area contributed by atoms with Gasteiger partial charge in [0.2, 0.25) is 11.8 Å². The fourth-order valence-corrected chi connectivity index (χ4v) is 1.34. The lowest BCUT2D eigenvalue weighted by Crippen LogP contribution is -2.04. The topological polar surface area (TPSA) is 64.9 Å². The molecule has 0 bridgehead atoms. The maximum atomic E-state index is 12.9. The molecule has 1 heterocycles. The van der Waals surface area contributed by atoms with E-state index < -0.39 is 5.82 Å². The molecule has 84 valence electrons. The van der Waals surface area contributed by atoms with Crippen LogP contribution in [0.4, 0.5) is 4.39 Å². The Labute approximate surface area is 96.2 Å². The van der Waals surface area contributed by atoms with Crippen LogP contribution in [0, 0.1) is 5.82 Å². The molecule has 2 aromatic rings. The van der Waals surface area contributed by atoms with Gasteiger partial charge in [0.1, 0.15) is 5.82 Å². The molecule has 0 aliphatic carbocycles. The van der Waals surface area contributed by atoms with Gasteiger partial charge in [0.15, 0.2) is 0 Å². The summed E-state index contributed by atoms with van der Waals surface area (Å²) >= 11 is 5.64. The number of halogens is 2. The molecule has 0 aliphatic rings.